The fraction of sp³-hybridized carbons (Fsp3) is 0.647. The summed E-state index contributed by atoms with van der Waals surface area (Å²) in [6, 6.07) is 6.40. The van der Waals surface area contributed by atoms with Gasteiger partial charge in [0, 0.05) is 0 Å². The van der Waals surface area contributed by atoms with Crippen molar-refractivity contribution in [1.29, 1.82) is 0 Å². The molecule has 1 N–H and O–H groups in total. The molecule has 0 aliphatic heterocycles. The van der Waals surface area contributed by atoms with Crippen LogP contribution in [0.5, 0.6) is 5.75 Å². The second-order valence-electron chi connectivity index (χ2n) is 6.06. The van der Waals surface area contributed by atoms with Crippen LogP contribution < -0.4 is 4.74 Å². The second-order valence-corrected chi connectivity index (χ2v) is 6.06. The number of ether oxygens (including phenoxy) is 1. The lowest BCUT2D eigenvalue weighted by atomic mass is 9.85. The highest BCUT2D eigenvalue weighted by molar-refractivity contribution is 5.38. The monoisotopic (exact) mass is 260 g/mol. The van der Waals surface area contributed by atoms with Gasteiger partial charge in [-0.2, -0.15) is 0 Å². The van der Waals surface area contributed by atoms with Crippen LogP contribution >= 0.6 is 0 Å². The largest absolute Gasteiger partial charge is 0.491 e. The van der Waals surface area contributed by atoms with Gasteiger partial charge in [0.1, 0.15) is 12.4 Å². The molecule has 0 saturated heterocycles. The fourth-order valence-corrected chi connectivity index (χ4v) is 3.47. The third-order valence-electron chi connectivity index (χ3n) is 4.68. The highest BCUT2D eigenvalue weighted by atomic mass is 16.5. The van der Waals surface area contributed by atoms with Crippen LogP contribution in [0.2, 0.25) is 0 Å². The van der Waals surface area contributed by atoms with E-state index in [1.165, 1.54) is 49.7 Å². The predicted octanol–water partition coefficient (Wildman–Crippen LogP) is 3.50. The summed E-state index contributed by atoms with van der Waals surface area (Å²) in [5, 5.41) is 10.2. The van der Waals surface area contributed by atoms with Crippen LogP contribution in [0.1, 0.15) is 49.7 Å². The van der Waals surface area contributed by atoms with E-state index in [0.29, 0.717) is 12.5 Å². The summed E-state index contributed by atoms with van der Waals surface area (Å²) in [7, 11) is 0. The molecule has 2 heteroatoms. The zero-order chi connectivity index (χ0) is 13.1. The van der Waals surface area contributed by atoms with Crippen LogP contribution in [-0.2, 0) is 12.8 Å². The maximum Gasteiger partial charge on any atom is 0.119 e. The van der Waals surface area contributed by atoms with Gasteiger partial charge in [-0.3, -0.25) is 0 Å². The molecule has 1 saturated carbocycles. The minimum atomic E-state index is -0.298. The van der Waals surface area contributed by atoms with Gasteiger partial charge in [-0.1, -0.05) is 25.3 Å². The molecular formula is C17H24O2. The minimum absolute atomic E-state index is 0.298. The smallest absolute Gasteiger partial charge is 0.119 e. The molecule has 1 fully saturated rings. The van der Waals surface area contributed by atoms with Gasteiger partial charge in [0.15, 0.2) is 0 Å². The van der Waals surface area contributed by atoms with Gasteiger partial charge in [0.25, 0.3) is 0 Å². The van der Waals surface area contributed by atoms with Gasteiger partial charge in [-0.15, -0.1) is 0 Å². The Morgan fingerprint density at radius 1 is 1.05 bits per heavy atom. The predicted molar refractivity (Wildman–Crippen MR) is 76.5 cm³/mol. The summed E-state index contributed by atoms with van der Waals surface area (Å²) < 4.78 is 5.80. The number of rotatable bonds is 4. The molecule has 1 aromatic rings. The Kier molecular flexibility index (Phi) is 4.07. The second kappa shape index (κ2) is 5.96. The Labute approximate surface area is 115 Å². The molecule has 0 heterocycles. The number of aliphatic hydroxyl groups is 1. The SMILES string of the molecule is OC(COc1ccc2c(c1)CCC2)C1CCCCC1. The highest BCUT2D eigenvalue weighted by Gasteiger charge is 2.22. The van der Waals surface area contributed by atoms with E-state index in [9.17, 15) is 5.11 Å². The quantitative estimate of drug-likeness (QED) is 0.898. The Morgan fingerprint density at radius 2 is 1.84 bits per heavy atom. The zero-order valence-electron chi connectivity index (χ0n) is 11.6. The van der Waals surface area contributed by atoms with Crippen LogP contribution in [0.25, 0.3) is 0 Å². The molecule has 19 heavy (non-hydrogen) atoms. The van der Waals surface area contributed by atoms with E-state index in [-0.39, 0.29) is 6.10 Å². The van der Waals surface area contributed by atoms with E-state index in [1.807, 2.05) is 0 Å². The van der Waals surface area contributed by atoms with Crippen molar-refractivity contribution in [1.82, 2.24) is 0 Å². The first-order valence-electron chi connectivity index (χ1n) is 7.75. The molecule has 2 nitrogen and oxygen atoms in total. The van der Waals surface area contributed by atoms with Crippen LogP contribution in [0, 0.1) is 5.92 Å². The zero-order valence-corrected chi connectivity index (χ0v) is 11.6. The molecule has 2 aliphatic rings. The standard InChI is InChI=1S/C17H24O2/c18-17(14-5-2-1-3-6-14)12-19-16-10-9-13-7-4-8-15(13)11-16/h9-11,14,17-18H,1-8,12H2. The summed E-state index contributed by atoms with van der Waals surface area (Å²) in [5.74, 6) is 1.37. The Balaban J connectivity index is 1.53. The van der Waals surface area contributed by atoms with Crippen LogP contribution in [0.3, 0.4) is 0 Å². The molecule has 0 spiro atoms. The number of aliphatic hydroxyl groups excluding tert-OH is 1. The van der Waals surface area contributed by atoms with Gasteiger partial charge >= 0.3 is 0 Å². The average molecular weight is 260 g/mol. The van der Waals surface area contributed by atoms with E-state index in [1.54, 1.807) is 0 Å². The lowest BCUT2D eigenvalue weighted by molar-refractivity contribution is 0.0413. The van der Waals surface area contributed by atoms with Crippen molar-refractivity contribution in [3.8, 4) is 5.75 Å². The first kappa shape index (κ1) is 13.0. The molecule has 3 rings (SSSR count). The highest BCUT2D eigenvalue weighted by Crippen LogP contribution is 2.28. The van der Waals surface area contributed by atoms with Gasteiger partial charge in [0.05, 0.1) is 6.10 Å². The number of aryl methyl sites for hydroxylation is 2. The molecule has 104 valence electrons. The molecule has 0 amide bonds. The molecule has 1 atom stereocenters. The minimum Gasteiger partial charge on any atom is -0.491 e. The van der Waals surface area contributed by atoms with Gasteiger partial charge in [-0.25, -0.2) is 0 Å². The summed E-state index contributed by atoms with van der Waals surface area (Å²) in [5.41, 5.74) is 2.91. The van der Waals surface area contributed by atoms with Crippen molar-refractivity contribution in [3.05, 3.63) is 29.3 Å². The Bertz CT molecular complexity index is 421. The lowest BCUT2D eigenvalue weighted by Gasteiger charge is -2.26. The lowest BCUT2D eigenvalue weighted by Crippen LogP contribution is -2.28. The van der Waals surface area contributed by atoms with E-state index in [2.05, 4.69) is 18.2 Å². The molecular weight excluding hydrogens is 236 g/mol. The number of benzene rings is 1. The molecule has 2 aliphatic carbocycles. The number of hydrogen-bond donors (Lipinski definition) is 1. The number of hydrogen-bond acceptors (Lipinski definition) is 2. The van der Waals surface area contributed by atoms with Crippen LogP contribution in [-0.4, -0.2) is 17.8 Å². The first-order valence-corrected chi connectivity index (χ1v) is 7.75. The van der Waals surface area contributed by atoms with Gasteiger partial charge in [0.2, 0.25) is 0 Å². The first-order chi connectivity index (χ1) is 9.33. The van der Waals surface area contributed by atoms with E-state index in [4.69, 9.17) is 4.74 Å². The van der Waals surface area contributed by atoms with Crippen molar-refractivity contribution in [2.75, 3.05) is 6.61 Å². The summed E-state index contributed by atoms with van der Waals surface area (Å²) in [6.45, 7) is 0.448. The van der Waals surface area contributed by atoms with E-state index in [0.717, 1.165) is 18.6 Å². The van der Waals surface area contributed by atoms with Crippen molar-refractivity contribution in [3.63, 3.8) is 0 Å². The summed E-state index contributed by atoms with van der Waals surface area (Å²) in [6.07, 6.45) is 9.54. The maximum atomic E-state index is 10.2. The summed E-state index contributed by atoms with van der Waals surface area (Å²) >= 11 is 0. The van der Waals surface area contributed by atoms with Crippen LogP contribution in [0.4, 0.5) is 0 Å². The summed E-state index contributed by atoms with van der Waals surface area (Å²) in [4.78, 5) is 0. The third kappa shape index (κ3) is 3.11. The normalized spacial score (nSPS) is 21.1. The van der Waals surface area contributed by atoms with Crippen molar-refractivity contribution in [2.24, 2.45) is 5.92 Å². The molecule has 1 aromatic carbocycles. The van der Waals surface area contributed by atoms with Crippen molar-refractivity contribution >= 4 is 0 Å². The molecule has 0 aromatic heterocycles. The van der Waals surface area contributed by atoms with E-state index < -0.39 is 0 Å². The van der Waals surface area contributed by atoms with Gasteiger partial charge in [-0.05, 0) is 61.3 Å². The fourth-order valence-electron chi connectivity index (χ4n) is 3.47. The Morgan fingerprint density at radius 3 is 2.68 bits per heavy atom. The maximum absolute atomic E-state index is 10.2. The van der Waals surface area contributed by atoms with E-state index >= 15 is 0 Å². The Hall–Kier alpha value is -1.02. The molecule has 0 radical (unpaired) electrons. The van der Waals surface area contributed by atoms with Crippen molar-refractivity contribution in [2.45, 2.75) is 57.5 Å². The molecule has 0 bridgehead atoms. The van der Waals surface area contributed by atoms with Gasteiger partial charge < -0.3 is 9.84 Å². The average Bonchev–Trinajstić information content (AvgIpc) is 2.93. The topological polar surface area (TPSA) is 29.5 Å². The molecule has 1 unspecified atom stereocenters. The van der Waals surface area contributed by atoms with Crippen molar-refractivity contribution < 1.29 is 9.84 Å². The third-order valence-corrected chi connectivity index (χ3v) is 4.68. The number of fused-ring (bicyclic) bond motifs is 1. The van der Waals surface area contributed by atoms with Crippen LogP contribution in [0.15, 0.2) is 18.2 Å².